The third-order valence-electron chi connectivity index (χ3n) is 5.97. The van der Waals surface area contributed by atoms with Crippen LogP contribution in [0.25, 0.3) is 5.69 Å². The Hall–Kier alpha value is -3.20. The van der Waals surface area contributed by atoms with E-state index in [2.05, 4.69) is 26.1 Å². The second-order valence-corrected chi connectivity index (χ2v) is 12.6. The number of nitrogens with one attached hydrogen (secondary N) is 1. The summed E-state index contributed by atoms with van der Waals surface area (Å²) in [6.45, 7) is 8.19. The van der Waals surface area contributed by atoms with E-state index < -0.39 is 21.6 Å². The highest BCUT2D eigenvalue weighted by atomic mass is 32.2. The molecule has 194 valence electrons. The highest BCUT2D eigenvalue weighted by molar-refractivity contribution is 7.89. The number of hydrogen-bond acceptors (Lipinski definition) is 5. The van der Waals surface area contributed by atoms with E-state index in [0.29, 0.717) is 5.56 Å². The van der Waals surface area contributed by atoms with Crippen LogP contribution in [0.1, 0.15) is 56.1 Å². The number of anilines is 1. The summed E-state index contributed by atoms with van der Waals surface area (Å²) >= 11 is 0. The predicted octanol–water partition coefficient (Wildman–Crippen LogP) is 4.34. The highest BCUT2D eigenvalue weighted by Crippen LogP contribution is 2.26. The Morgan fingerprint density at radius 3 is 2.42 bits per heavy atom. The molecule has 0 aliphatic heterocycles. The van der Waals surface area contributed by atoms with Crippen molar-refractivity contribution in [1.82, 2.24) is 15.1 Å². The molecule has 3 rings (SSSR count). The summed E-state index contributed by atoms with van der Waals surface area (Å²) in [6, 6.07) is 14.2. The van der Waals surface area contributed by atoms with Crippen molar-refractivity contribution in [1.29, 1.82) is 0 Å². The summed E-state index contributed by atoms with van der Waals surface area (Å²) < 4.78 is 39.3. The smallest absolute Gasteiger partial charge is 0.227 e. The van der Waals surface area contributed by atoms with Crippen molar-refractivity contribution in [2.24, 2.45) is 0 Å². The van der Waals surface area contributed by atoms with Crippen LogP contribution in [0.3, 0.4) is 0 Å². The van der Waals surface area contributed by atoms with Gasteiger partial charge in [-0.1, -0.05) is 39.0 Å². The van der Waals surface area contributed by atoms with Gasteiger partial charge >= 0.3 is 0 Å². The van der Waals surface area contributed by atoms with Crippen LogP contribution in [0.2, 0.25) is 0 Å². The summed E-state index contributed by atoms with van der Waals surface area (Å²) in [6.07, 6.45) is 1.06. The summed E-state index contributed by atoms with van der Waals surface area (Å²) in [5.41, 5.74) is 4.03. The van der Waals surface area contributed by atoms with E-state index in [4.69, 9.17) is 5.10 Å². The minimum absolute atomic E-state index is 0.0902. The number of benzene rings is 2. The first-order valence-electron chi connectivity index (χ1n) is 11.8. The van der Waals surface area contributed by atoms with Gasteiger partial charge in [-0.3, -0.25) is 4.79 Å². The van der Waals surface area contributed by atoms with Gasteiger partial charge in [0.2, 0.25) is 5.91 Å². The molecule has 1 unspecified atom stereocenters. The van der Waals surface area contributed by atoms with Crippen LogP contribution in [0.15, 0.2) is 48.5 Å². The van der Waals surface area contributed by atoms with E-state index >= 15 is 0 Å². The molecule has 2 aromatic carbocycles. The minimum Gasteiger partial charge on any atom is -0.378 e. The van der Waals surface area contributed by atoms with Gasteiger partial charge in [0.25, 0.3) is 0 Å². The third-order valence-corrected chi connectivity index (χ3v) is 6.81. The minimum atomic E-state index is -3.36. The normalized spacial score (nSPS) is 12.9. The van der Waals surface area contributed by atoms with Gasteiger partial charge in [-0.15, -0.1) is 0 Å². The Balaban J connectivity index is 1.83. The third kappa shape index (κ3) is 6.72. The summed E-state index contributed by atoms with van der Waals surface area (Å²) in [7, 11) is 0.586. The van der Waals surface area contributed by atoms with Gasteiger partial charge in [0.1, 0.15) is 5.82 Å². The number of amides is 1. The molecule has 0 saturated heterocycles. The number of halogens is 1. The topological polar surface area (TPSA) is 84.3 Å². The molecule has 0 radical (unpaired) electrons. The number of rotatable bonds is 8. The lowest BCUT2D eigenvalue weighted by Gasteiger charge is -2.16. The van der Waals surface area contributed by atoms with Gasteiger partial charge < -0.3 is 10.2 Å². The average molecular weight is 515 g/mol. The molecule has 0 aliphatic rings. The van der Waals surface area contributed by atoms with Crippen LogP contribution >= 0.6 is 0 Å². The van der Waals surface area contributed by atoms with Crippen LogP contribution in [-0.2, 0) is 32.3 Å². The first-order chi connectivity index (χ1) is 16.7. The lowest BCUT2D eigenvalue weighted by atomic mass is 9.92. The monoisotopic (exact) mass is 514 g/mol. The maximum atomic E-state index is 14.5. The molecule has 9 heteroatoms. The molecular formula is C27H35FN4O3S. The predicted molar refractivity (Wildman–Crippen MR) is 142 cm³/mol. The Labute approximate surface area is 213 Å². The number of nitrogens with zero attached hydrogens (tertiary/aromatic N) is 3. The fourth-order valence-corrected chi connectivity index (χ4v) is 4.55. The largest absolute Gasteiger partial charge is 0.378 e. The second kappa shape index (κ2) is 10.4. The van der Waals surface area contributed by atoms with Gasteiger partial charge in [-0.2, -0.15) is 5.10 Å². The highest BCUT2D eigenvalue weighted by Gasteiger charge is 2.22. The van der Waals surface area contributed by atoms with Crippen molar-refractivity contribution in [2.45, 2.75) is 51.3 Å². The fraction of sp³-hybridized carbons (Fsp3) is 0.407. The summed E-state index contributed by atoms with van der Waals surface area (Å²) in [4.78, 5) is 15.0. The van der Waals surface area contributed by atoms with Crippen LogP contribution in [-0.4, -0.2) is 44.5 Å². The van der Waals surface area contributed by atoms with Gasteiger partial charge in [0.05, 0.1) is 35.3 Å². The van der Waals surface area contributed by atoms with Gasteiger partial charge in [-0.25, -0.2) is 17.5 Å². The van der Waals surface area contributed by atoms with Crippen molar-refractivity contribution in [3.05, 3.63) is 76.9 Å². The van der Waals surface area contributed by atoms with Crippen LogP contribution in [0, 0.1) is 5.82 Å². The van der Waals surface area contributed by atoms with Gasteiger partial charge in [0, 0.05) is 37.0 Å². The quantitative estimate of drug-likeness (QED) is 0.484. The van der Waals surface area contributed by atoms with Crippen LogP contribution in [0.4, 0.5) is 10.1 Å². The Bertz CT molecular complexity index is 1360. The standard InChI is InChI=1S/C27H35FN4O3S/c1-18(19-11-12-20(24(28)13-19)17-36(7,34)35)26(33)29-16-23-15-25(27(2,3)4)30-32(23)22-10-8-9-21(14-22)31(5)6/h8-15,18H,16-17H2,1-7H3,(H,29,33). The van der Waals surface area contributed by atoms with Gasteiger partial charge in [0.15, 0.2) is 9.84 Å². The van der Waals surface area contributed by atoms with Crippen LogP contribution < -0.4 is 10.2 Å². The second-order valence-electron chi connectivity index (χ2n) is 10.5. The van der Waals surface area contributed by atoms with E-state index in [9.17, 15) is 17.6 Å². The Morgan fingerprint density at radius 2 is 1.83 bits per heavy atom. The van der Waals surface area contributed by atoms with Crippen molar-refractivity contribution in [3.8, 4) is 5.69 Å². The lowest BCUT2D eigenvalue weighted by Crippen LogP contribution is -2.28. The summed E-state index contributed by atoms with van der Waals surface area (Å²) in [5, 5.41) is 7.79. The molecule has 1 heterocycles. The zero-order valence-corrected chi connectivity index (χ0v) is 22.8. The first kappa shape index (κ1) is 27.4. The molecule has 0 aliphatic carbocycles. The average Bonchev–Trinajstić information content (AvgIpc) is 3.22. The van der Waals surface area contributed by atoms with Crippen molar-refractivity contribution >= 4 is 21.4 Å². The molecule has 1 amide bonds. The fourth-order valence-electron chi connectivity index (χ4n) is 3.75. The number of carbonyl (C=O) groups is 1. The van der Waals surface area contributed by atoms with Crippen molar-refractivity contribution in [2.75, 3.05) is 25.3 Å². The lowest BCUT2D eigenvalue weighted by molar-refractivity contribution is -0.122. The zero-order chi connectivity index (χ0) is 26.8. The Kier molecular flexibility index (Phi) is 7.93. The summed E-state index contributed by atoms with van der Waals surface area (Å²) in [5.74, 6) is -1.90. The molecule has 3 aromatic rings. The molecule has 36 heavy (non-hydrogen) atoms. The van der Waals surface area contributed by atoms with Crippen molar-refractivity contribution < 1.29 is 17.6 Å². The molecular weight excluding hydrogens is 479 g/mol. The van der Waals surface area contributed by atoms with Crippen molar-refractivity contribution in [3.63, 3.8) is 0 Å². The van der Waals surface area contributed by atoms with E-state index in [1.54, 1.807) is 13.0 Å². The number of carbonyl (C=O) groups excluding carboxylic acids is 1. The van der Waals surface area contributed by atoms with Crippen LogP contribution in [0.5, 0.6) is 0 Å². The SMILES string of the molecule is CC(C(=O)NCc1cc(C(C)(C)C)nn1-c1cccc(N(C)C)c1)c1ccc(CS(C)(=O)=O)c(F)c1. The van der Waals surface area contributed by atoms with Gasteiger partial charge in [-0.05, 0) is 42.8 Å². The number of aromatic nitrogens is 2. The molecule has 7 nitrogen and oxygen atoms in total. The maximum Gasteiger partial charge on any atom is 0.227 e. The molecule has 1 aromatic heterocycles. The molecule has 0 spiro atoms. The first-order valence-corrected chi connectivity index (χ1v) is 13.8. The van der Waals surface area contributed by atoms with E-state index in [0.717, 1.165) is 29.0 Å². The molecule has 0 saturated carbocycles. The Morgan fingerprint density at radius 1 is 1.14 bits per heavy atom. The van der Waals surface area contributed by atoms with E-state index in [1.165, 1.54) is 12.1 Å². The van der Waals surface area contributed by atoms with E-state index in [-0.39, 0.29) is 29.2 Å². The maximum absolute atomic E-state index is 14.5. The molecule has 1 atom stereocenters. The molecule has 0 fully saturated rings. The van der Waals surface area contributed by atoms with E-state index in [1.807, 2.05) is 54.0 Å². The molecule has 0 bridgehead atoms. The number of hydrogen-bond donors (Lipinski definition) is 1. The number of sulfone groups is 1. The zero-order valence-electron chi connectivity index (χ0n) is 22.0. The molecule has 1 N–H and O–H groups in total.